The van der Waals surface area contributed by atoms with Crippen LogP contribution in [0.3, 0.4) is 0 Å². The SMILES string of the molecule is CC(=O)c1cc(C)cc(S(=O)[O-])c1C#N. The topological polar surface area (TPSA) is 81.0 Å². The Balaban J connectivity index is 3.62. The standard InChI is InChI=1S/C10H9NO3S/c1-6-3-8(7(2)12)9(5-11)10(4-6)15(13)14/h3-4H,1-2H3,(H,13,14)/p-1. The second kappa shape index (κ2) is 4.34. The van der Waals surface area contributed by atoms with E-state index >= 15 is 0 Å². The molecule has 0 fully saturated rings. The zero-order valence-corrected chi connectivity index (χ0v) is 9.05. The fourth-order valence-corrected chi connectivity index (χ4v) is 1.88. The van der Waals surface area contributed by atoms with Crippen molar-refractivity contribution in [2.75, 3.05) is 0 Å². The number of hydrogen-bond donors (Lipinski definition) is 0. The maximum atomic E-state index is 11.2. The number of carbonyl (C=O) groups excluding carboxylic acids is 1. The van der Waals surface area contributed by atoms with Gasteiger partial charge in [-0.25, -0.2) is 0 Å². The number of aryl methyl sites for hydroxylation is 1. The molecule has 0 N–H and O–H groups in total. The van der Waals surface area contributed by atoms with E-state index in [-0.39, 0.29) is 21.8 Å². The molecule has 1 unspecified atom stereocenters. The lowest BCUT2D eigenvalue weighted by Crippen LogP contribution is -2.03. The van der Waals surface area contributed by atoms with Crippen LogP contribution < -0.4 is 0 Å². The lowest BCUT2D eigenvalue weighted by Gasteiger charge is -2.11. The normalized spacial score (nSPS) is 11.9. The minimum Gasteiger partial charge on any atom is -0.768 e. The van der Waals surface area contributed by atoms with E-state index in [9.17, 15) is 13.6 Å². The molecule has 0 heterocycles. The van der Waals surface area contributed by atoms with Gasteiger partial charge in [-0.1, -0.05) is 0 Å². The fourth-order valence-electron chi connectivity index (χ4n) is 1.28. The molecule has 0 saturated carbocycles. The lowest BCUT2D eigenvalue weighted by atomic mass is 10.0. The first-order chi connectivity index (χ1) is 6.97. The second-order valence-corrected chi connectivity index (χ2v) is 4.00. The molecular formula is C10H8NO3S-. The van der Waals surface area contributed by atoms with E-state index in [1.54, 1.807) is 13.0 Å². The molecule has 0 amide bonds. The van der Waals surface area contributed by atoms with Gasteiger partial charge in [0.2, 0.25) is 0 Å². The van der Waals surface area contributed by atoms with Gasteiger partial charge in [0.25, 0.3) is 0 Å². The monoisotopic (exact) mass is 222 g/mol. The summed E-state index contributed by atoms with van der Waals surface area (Å²) in [5.74, 6) is -0.318. The Morgan fingerprint density at radius 3 is 2.53 bits per heavy atom. The van der Waals surface area contributed by atoms with E-state index in [4.69, 9.17) is 5.26 Å². The highest BCUT2D eigenvalue weighted by Crippen LogP contribution is 2.19. The zero-order chi connectivity index (χ0) is 11.6. The number of nitriles is 1. The van der Waals surface area contributed by atoms with Gasteiger partial charge in [0.15, 0.2) is 5.78 Å². The van der Waals surface area contributed by atoms with Crippen LogP contribution in [0.2, 0.25) is 0 Å². The predicted molar refractivity (Wildman–Crippen MR) is 53.1 cm³/mol. The van der Waals surface area contributed by atoms with Gasteiger partial charge in [0, 0.05) is 10.5 Å². The molecule has 0 aliphatic carbocycles. The highest BCUT2D eigenvalue weighted by molar-refractivity contribution is 7.79. The molecule has 0 aromatic heterocycles. The van der Waals surface area contributed by atoms with Crippen molar-refractivity contribution in [2.24, 2.45) is 0 Å². The molecule has 0 aliphatic heterocycles. The van der Waals surface area contributed by atoms with Crippen LogP contribution in [-0.2, 0) is 11.1 Å². The highest BCUT2D eigenvalue weighted by atomic mass is 32.2. The van der Waals surface area contributed by atoms with Gasteiger partial charge in [-0.15, -0.1) is 0 Å². The van der Waals surface area contributed by atoms with E-state index in [1.807, 2.05) is 0 Å². The maximum Gasteiger partial charge on any atom is 0.161 e. The average Bonchev–Trinajstić information content (AvgIpc) is 2.16. The third-order valence-corrected chi connectivity index (χ3v) is 2.60. The Labute approximate surface area is 89.8 Å². The van der Waals surface area contributed by atoms with Gasteiger partial charge >= 0.3 is 0 Å². The molecule has 0 radical (unpaired) electrons. The quantitative estimate of drug-likeness (QED) is 0.558. The number of nitrogens with zero attached hydrogens (tertiary/aromatic N) is 1. The van der Waals surface area contributed by atoms with Crippen molar-refractivity contribution in [3.63, 3.8) is 0 Å². The summed E-state index contributed by atoms with van der Waals surface area (Å²) in [6, 6.07) is 4.62. The summed E-state index contributed by atoms with van der Waals surface area (Å²) in [6.45, 7) is 2.97. The Morgan fingerprint density at radius 1 is 1.53 bits per heavy atom. The summed E-state index contributed by atoms with van der Waals surface area (Å²) >= 11 is -2.50. The van der Waals surface area contributed by atoms with E-state index < -0.39 is 11.1 Å². The third-order valence-electron chi connectivity index (χ3n) is 1.92. The van der Waals surface area contributed by atoms with Gasteiger partial charge in [-0.3, -0.25) is 9.00 Å². The Hall–Kier alpha value is -1.51. The molecule has 0 bridgehead atoms. The molecule has 1 rings (SSSR count). The van der Waals surface area contributed by atoms with E-state index in [1.165, 1.54) is 19.1 Å². The molecule has 78 valence electrons. The summed E-state index contributed by atoms with van der Waals surface area (Å²) < 4.78 is 21.7. The van der Waals surface area contributed by atoms with E-state index in [0.717, 1.165) is 0 Å². The van der Waals surface area contributed by atoms with Crippen molar-refractivity contribution in [1.29, 1.82) is 5.26 Å². The molecule has 4 nitrogen and oxygen atoms in total. The molecule has 1 aromatic rings. The summed E-state index contributed by atoms with van der Waals surface area (Å²) in [4.78, 5) is 11.1. The molecular weight excluding hydrogens is 214 g/mol. The highest BCUT2D eigenvalue weighted by Gasteiger charge is 2.13. The molecule has 0 spiro atoms. The largest absolute Gasteiger partial charge is 0.768 e. The first kappa shape index (κ1) is 11.6. The molecule has 0 saturated heterocycles. The smallest absolute Gasteiger partial charge is 0.161 e. The van der Waals surface area contributed by atoms with Crippen LogP contribution in [0.15, 0.2) is 17.0 Å². The first-order valence-corrected chi connectivity index (χ1v) is 5.19. The number of ketones is 1. The molecule has 15 heavy (non-hydrogen) atoms. The number of carbonyl (C=O) groups is 1. The summed E-state index contributed by atoms with van der Waals surface area (Å²) in [5.41, 5.74) is 0.705. The number of hydrogen-bond acceptors (Lipinski definition) is 4. The summed E-state index contributed by atoms with van der Waals surface area (Å²) in [6.07, 6.45) is 0. The van der Waals surface area contributed by atoms with Crippen molar-refractivity contribution in [3.05, 3.63) is 28.8 Å². The van der Waals surface area contributed by atoms with Crippen molar-refractivity contribution in [3.8, 4) is 6.07 Å². The third kappa shape index (κ3) is 2.29. The fraction of sp³-hybridized carbons (Fsp3) is 0.200. The Bertz CT molecular complexity index is 453. The van der Waals surface area contributed by atoms with E-state index in [2.05, 4.69) is 0 Å². The number of benzene rings is 1. The Morgan fingerprint density at radius 2 is 2.13 bits per heavy atom. The molecule has 0 aliphatic rings. The van der Waals surface area contributed by atoms with Crippen LogP contribution >= 0.6 is 0 Å². The van der Waals surface area contributed by atoms with Crippen molar-refractivity contribution < 1.29 is 13.6 Å². The number of Topliss-reactive ketones (excluding diaryl/α,β-unsaturated/α-hetero) is 1. The van der Waals surface area contributed by atoms with Crippen LogP contribution in [0.25, 0.3) is 0 Å². The van der Waals surface area contributed by atoms with Crippen LogP contribution in [0, 0.1) is 18.3 Å². The van der Waals surface area contributed by atoms with Crippen molar-refractivity contribution in [2.45, 2.75) is 18.7 Å². The van der Waals surface area contributed by atoms with Crippen LogP contribution in [0.5, 0.6) is 0 Å². The first-order valence-electron chi connectivity index (χ1n) is 4.12. The lowest BCUT2D eigenvalue weighted by molar-refractivity contribution is 0.101. The molecule has 1 aromatic carbocycles. The minimum absolute atomic E-state index is 0.0820. The van der Waals surface area contributed by atoms with Gasteiger partial charge in [-0.05, 0) is 42.6 Å². The number of rotatable bonds is 2. The van der Waals surface area contributed by atoms with Gasteiger partial charge in [-0.2, -0.15) is 5.26 Å². The van der Waals surface area contributed by atoms with Gasteiger partial charge in [0.1, 0.15) is 6.07 Å². The Kier molecular flexibility index (Phi) is 3.35. The summed E-state index contributed by atoms with van der Waals surface area (Å²) in [7, 11) is 0. The molecule has 5 heteroatoms. The predicted octanol–water partition coefficient (Wildman–Crippen LogP) is 1.31. The van der Waals surface area contributed by atoms with Crippen molar-refractivity contribution in [1.82, 2.24) is 0 Å². The van der Waals surface area contributed by atoms with Crippen LogP contribution in [0.1, 0.15) is 28.4 Å². The van der Waals surface area contributed by atoms with Crippen LogP contribution in [-0.4, -0.2) is 14.5 Å². The van der Waals surface area contributed by atoms with Gasteiger partial charge < -0.3 is 4.55 Å². The van der Waals surface area contributed by atoms with Crippen molar-refractivity contribution >= 4 is 16.9 Å². The van der Waals surface area contributed by atoms with E-state index in [0.29, 0.717) is 5.56 Å². The van der Waals surface area contributed by atoms with Crippen LogP contribution in [0.4, 0.5) is 0 Å². The van der Waals surface area contributed by atoms with Gasteiger partial charge in [0.05, 0.1) is 5.56 Å². The summed E-state index contributed by atoms with van der Waals surface area (Å²) in [5, 5.41) is 8.81. The average molecular weight is 222 g/mol. The minimum atomic E-state index is -2.50. The zero-order valence-electron chi connectivity index (χ0n) is 8.23. The second-order valence-electron chi connectivity index (χ2n) is 3.09. The molecule has 1 atom stereocenters. The maximum absolute atomic E-state index is 11.2.